The lowest BCUT2D eigenvalue weighted by Gasteiger charge is -2.22. The van der Waals surface area contributed by atoms with Crippen LogP contribution in [-0.2, 0) is 16.1 Å². The largest absolute Gasteiger partial charge is 0.481 e. The number of aromatic nitrogens is 2. The van der Waals surface area contributed by atoms with Crippen LogP contribution in [0.3, 0.4) is 0 Å². The molecule has 0 radical (unpaired) electrons. The minimum Gasteiger partial charge on any atom is -0.481 e. The molecule has 2 rings (SSSR count). The molecule has 8 heteroatoms. The van der Waals surface area contributed by atoms with Gasteiger partial charge in [-0.2, -0.15) is 5.10 Å². The fourth-order valence-corrected chi connectivity index (χ4v) is 2.67. The minimum absolute atomic E-state index is 0.0432. The van der Waals surface area contributed by atoms with Crippen LogP contribution in [0.1, 0.15) is 49.4 Å². The highest BCUT2D eigenvalue weighted by Crippen LogP contribution is 2.17. The fraction of sp³-hybridized carbons (Fsp3) is 0.625. The average Bonchev–Trinajstić information content (AvgIpc) is 3.01. The highest BCUT2D eigenvalue weighted by Gasteiger charge is 2.17. The molecule has 1 aromatic heterocycles. The van der Waals surface area contributed by atoms with Crippen LogP contribution < -0.4 is 10.6 Å². The summed E-state index contributed by atoms with van der Waals surface area (Å²) in [7, 11) is 0. The van der Waals surface area contributed by atoms with Gasteiger partial charge in [-0.1, -0.05) is 26.2 Å². The van der Waals surface area contributed by atoms with Crippen LogP contribution in [0.5, 0.6) is 0 Å². The molecule has 0 aliphatic heterocycles. The molecule has 0 saturated heterocycles. The summed E-state index contributed by atoms with van der Waals surface area (Å²) in [6, 6.07) is 0.238. The first-order valence-electron chi connectivity index (χ1n) is 8.28. The van der Waals surface area contributed by atoms with E-state index < -0.39 is 17.8 Å². The number of carboxylic acids is 1. The van der Waals surface area contributed by atoms with Gasteiger partial charge in [0.05, 0.1) is 17.7 Å². The zero-order valence-corrected chi connectivity index (χ0v) is 13.8. The van der Waals surface area contributed by atoms with Gasteiger partial charge in [-0.05, 0) is 12.8 Å². The van der Waals surface area contributed by atoms with E-state index in [-0.39, 0.29) is 25.0 Å². The van der Waals surface area contributed by atoms with Crippen molar-refractivity contribution in [3.8, 4) is 0 Å². The summed E-state index contributed by atoms with van der Waals surface area (Å²) in [6.07, 6.45) is 8.40. The lowest BCUT2D eigenvalue weighted by molar-refractivity contribution is -0.140. The molecular weight excluding hydrogens is 312 g/mol. The second-order valence-electron chi connectivity index (χ2n) is 6.28. The van der Waals surface area contributed by atoms with E-state index in [0.717, 1.165) is 25.7 Å². The van der Waals surface area contributed by atoms with Crippen molar-refractivity contribution in [1.82, 2.24) is 20.4 Å². The first-order chi connectivity index (χ1) is 11.5. The van der Waals surface area contributed by atoms with Crippen molar-refractivity contribution in [2.24, 2.45) is 5.92 Å². The molecule has 1 saturated carbocycles. The number of carboxylic acid groups (broad SMARTS) is 1. The molecule has 0 aromatic carbocycles. The maximum Gasteiger partial charge on any atom is 0.308 e. The summed E-state index contributed by atoms with van der Waals surface area (Å²) in [5.74, 6) is -2.14. The zero-order valence-electron chi connectivity index (χ0n) is 13.8. The Hall–Kier alpha value is -2.38. The van der Waals surface area contributed by atoms with E-state index in [1.54, 1.807) is 0 Å². The zero-order chi connectivity index (χ0) is 17.5. The van der Waals surface area contributed by atoms with Gasteiger partial charge >= 0.3 is 5.97 Å². The highest BCUT2D eigenvalue weighted by atomic mass is 16.4. The van der Waals surface area contributed by atoms with Gasteiger partial charge in [-0.3, -0.25) is 19.1 Å². The van der Waals surface area contributed by atoms with E-state index in [9.17, 15) is 14.4 Å². The van der Waals surface area contributed by atoms with E-state index >= 15 is 0 Å². The van der Waals surface area contributed by atoms with Gasteiger partial charge in [-0.25, -0.2) is 0 Å². The van der Waals surface area contributed by atoms with Crippen LogP contribution in [0.2, 0.25) is 0 Å². The Balaban J connectivity index is 1.80. The number of nitrogens with one attached hydrogen (secondary N) is 2. The Morgan fingerprint density at radius 1 is 1.33 bits per heavy atom. The van der Waals surface area contributed by atoms with Crippen LogP contribution in [0.25, 0.3) is 0 Å². The topological polar surface area (TPSA) is 113 Å². The van der Waals surface area contributed by atoms with Gasteiger partial charge < -0.3 is 15.7 Å². The summed E-state index contributed by atoms with van der Waals surface area (Å²) in [6.45, 7) is 1.62. The van der Waals surface area contributed by atoms with Crippen LogP contribution in [0.15, 0.2) is 12.4 Å². The smallest absolute Gasteiger partial charge is 0.308 e. The van der Waals surface area contributed by atoms with Gasteiger partial charge in [0.1, 0.15) is 6.54 Å². The molecule has 0 bridgehead atoms. The lowest BCUT2D eigenvalue weighted by Crippen LogP contribution is -2.38. The maximum absolute atomic E-state index is 12.0. The number of aliphatic carboxylic acids is 1. The Labute approximate surface area is 140 Å². The first-order valence-corrected chi connectivity index (χ1v) is 8.28. The van der Waals surface area contributed by atoms with Crippen molar-refractivity contribution < 1.29 is 19.5 Å². The summed E-state index contributed by atoms with van der Waals surface area (Å²) in [4.78, 5) is 34.7. The minimum atomic E-state index is -0.967. The molecule has 1 heterocycles. The number of rotatable bonds is 7. The third-order valence-electron chi connectivity index (χ3n) is 4.16. The molecule has 24 heavy (non-hydrogen) atoms. The van der Waals surface area contributed by atoms with E-state index in [1.165, 1.54) is 30.4 Å². The number of amides is 2. The third-order valence-corrected chi connectivity index (χ3v) is 4.16. The van der Waals surface area contributed by atoms with Gasteiger partial charge in [0.15, 0.2) is 0 Å². The fourth-order valence-electron chi connectivity index (χ4n) is 2.67. The van der Waals surface area contributed by atoms with Crippen LogP contribution in [0.4, 0.5) is 0 Å². The van der Waals surface area contributed by atoms with E-state index in [2.05, 4.69) is 15.7 Å². The Kier molecular flexibility index (Phi) is 6.34. The summed E-state index contributed by atoms with van der Waals surface area (Å²) in [5, 5.41) is 18.3. The second-order valence-corrected chi connectivity index (χ2v) is 6.28. The van der Waals surface area contributed by atoms with Crippen LogP contribution in [-0.4, -0.2) is 45.3 Å². The molecule has 1 aliphatic carbocycles. The van der Waals surface area contributed by atoms with Crippen LogP contribution in [0, 0.1) is 5.92 Å². The van der Waals surface area contributed by atoms with Crippen molar-refractivity contribution in [3.05, 3.63) is 18.0 Å². The second kappa shape index (κ2) is 8.47. The molecular formula is C16H24N4O4. The monoisotopic (exact) mass is 336 g/mol. The van der Waals surface area contributed by atoms with Gasteiger partial charge in [0.25, 0.3) is 5.91 Å². The predicted octanol–water partition coefficient (Wildman–Crippen LogP) is 0.783. The van der Waals surface area contributed by atoms with Gasteiger partial charge in [0, 0.05) is 18.8 Å². The number of hydrogen-bond acceptors (Lipinski definition) is 4. The average molecular weight is 336 g/mol. The molecule has 132 valence electrons. The van der Waals surface area contributed by atoms with Crippen LogP contribution >= 0.6 is 0 Å². The Morgan fingerprint density at radius 2 is 2.04 bits per heavy atom. The Bertz CT molecular complexity index is 593. The highest BCUT2D eigenvalue weighted by molar-refractivity contribution is 5.94. The standard InChI is InChI=1S/C16H24N4O4/c1-11(16(23)24)7-17-15(22)12-8-18-20(9-12)10-14(21)19-13-5-3-2-4-6-13/h8-9,11,13H,2-7,10H2,1H3,(H,17,22)(H,19,21)(H,23,24). The Morgan fingerprint density at radius 3 is 2.71 bits per heavy atom. The third kappa shape index (κ3) is 5.36. The van der Waals surface area contributed by atoms with E-state index in [0.29, 0.717) is 5.56 Å². The van der Waals surface area contributed by atoms with Gasteiger partial charge in [-0.15, -0.1) is 0 Å². The lowest BCUT2D eigenvalue weighted by atomic mass is 9.95. The molecule has 1 fully saturated rings. The molecule has 8 nitrogen and oxygen atoms in total. The van der Waals surface area contributed by atoms with Crippen molar-refractivity contribution in [2.45, 2.75) is 51.6 Å². The first kappa shape index (κ1) is 18.0. The molecule has 2 amide bonds. The quantitative estimate of drug-likeness (QED) is 0.681. The number of carbonyl (C=O) groups is 3. The van der Waals surface area contributed by atoms with Gasteiger partial charge in [0.2, 0.25) is 5.91 Å². The summed E-state index contributed by atoms with van der Waals surface area (Å²) < 4.78 is 1.41. The normalized spacial score (nSPS) is 16.4. The molecule has 1 aliphatic rings. The van der Waals surface area contributed by atoms with E-state index in [1.807, 2.05) is 0 Å². The SMILES string of the molecule is CC(CNC(=O)c1cnn(CC(=O)NC2CCCCC2)c1)C(=O)O. The maximum atomic E-state index is 12.0. The van der Waals surface area contributed by atoms with Crippen molar-refractivity contribution in [1.29, 1.82) is 0 Å². The summed E-state index contributed by atoms with van der Waals surface area (Å²) in [5.41, 5.74) is 0.304. The predicted molar refractivity (Wildman–Crippen MR) is 86.4 cm³/mol. The molecule has 1 aromatic rings. The van der Waals surface area contributed by atoms with Crippen molar-refractivity contribution >= 4 is 17.8 Å². The van der Waals surface area contributed by atoms with E-state index in [4.69, 9.17) is 5.11 Å². The molecule has 1 atom stereocenters. The molecule has 1 unspecified atom stereocenters. The number of carbonyl (C=O) groups excluding carboxylic acids is 2. The number of hydrogen-bond donors (Lipinski definition) is 3. The number of nitrogens with zero attached hydrogens (tertiary/aromatic N) is 2. The summed E-state index contributed by atoms with van der Waals surface area (Å²) >= 11 is 0. The van der Waals surface area contributed by atoms with Crippen molar-refractivity contribution in [2.75, 3.05) is 6.54 Å². The van der Waals surface area contributed by atoms with Crippen molar-refractivity contribution in [3.63, 3.8) is 0 Å². The molecule has 0 spiro atoms. The molecule has 3 N–H and O–H groups in total.